The monoisotopic (exact) mass is 392 g/mol. The molecule has 0 radical (unpaired) electrons. The Kier molecular flexibility index (Phi) is 5.41. The number of alkyl carbamates (subject to hydrolysis) is 1. The van der Waals surface area contributed by atoms with Crippen molar-refractivity contribution in [3.63, 3.8) is 0 Å². The number of hydrogen-bond acceptors (Lipinski definition) is 7. The van der Waals surface area contributed by atoms with Crippen molar-refractivity contribution in [3.05, 3.63) is 60.6 Å². The van der Waals surface area contributed by atoms with Crippen LogP contribution in [0.2, 0.25) is 0 Å². The largest absolute Gasteiger partial charge is 0.450 e. The van der Waals surface area contributed by atoms with E-state index in [1.54, 1.807) is 34.0 Å². The highest BCUT2D eigenvalue weighted by atomic mass is 16.5. The van der Waals surface area contributed by atoms with Crippen molar-refractivity contribution < 1.29 is 9.53 Å². The number of carbonyl (C=O) groups is 1. The van der Waals surface area contributed by atoms with Crippen LogP contribution in [-0.4, -0.2) is 47.0 Å². The van der Waals surface area contributed by atoms with E-state index >= 15 is 0 Å². The molecule has 4 aromatic heterocycles. The van der Waals surface area contributed by atoms with Crippen LogP contribution in [0.5, 0.6) is 0 Å². The minimum absolute atomic E-state index is 0.314. The minimum atomic E-state index is -0.458. The molecule has 10 heteroatoms. The van der Waals surface area contributed by atoms with E-state index in [-0.39, 0.29) is 0 Å². The molecule has 1 amide bonds. The molecular weight excluding hydrogens is 372 g/mol. The van der Waals surface area contributed by atoms with E-state index in [0.717, 1.165) is 28.8 Å². The van der Waals surface area contributed by atoms with Gasteiger partial charge in [-0.2, -0.15) is 15.2 Å². The predicted molar refractivity (Wildman–Crippen MR) is 104 cm³/mol. The van der Waals surface area contributed by atoms with Crippen molar-refractivity contribution in [2.75, 3.05) is 6.61 Å². The number of pyridine rings is 1. The van der Waals surface area contributed by atoms with Crippen LogP contribution < -0.4 is 5.32 Å². The van der Waals surface area contributed by atoms with Crippen LogP contribution in [0.15, 0.2) is 49.4 Å². The van der Waals surface area contributed by atoms with Crippen molar-refractivity contribution in [1.29, 1.82) is 0 Å². The number of nitrogens with one attached hydrogen (secondary N) is 1. The van der Waals surface area contributed by atoms with Gasteiger partial charge < -0.3 is 10.1 Å². The molecule has 0 aliphatic carbocycles. The lowest BCUT2D eigenvalue weighted by Crippen LogP contribution is -2.24. The summed E-state index contributed by atoms with van der Waals surface area (Å²) in [6.07, 6.45) is 11.3. The Bertz CT molecular complexity index is 1120. The Labute approximate surface area is 166 Å². The highest BCUT2D eigenvalue weighted by molar-refractivity contribution is 5.67. The molecule has 29 heavy (non-hydrogen) atoms. The summed E-state index contributed by atoms with van der Waals surface area (Å²) in [5, 5.41) is 11.0. The smallest absolute Gasteiger partial charge is 0.407 e. The molecule has 0 atom stereocenters. The third kappa shape index (κ3) is 4.54. The van der Waals surface area contributed by atoms with Crippen LogP contribution in [-0.2, 0) is 24.8 Å². The van der Waals surface area contributed by atoms with E-state index in [1.165, 1.54) is 6.33 Å². The average molecular weight is 392 g/mol. The molecule has 0 saturated heterocycles. The lowest BCUT2D eigenvalue weighted by atomic mass is 10.1. The molecule has 4 heterocycles. The molecule has 0 fully saturated rings. The third-order valence-electron chi connectivity index (χ3n) is 4.38. The molecule has 4 rings (SSSR count). The van der Waals surface area contributed by atoms with E-state index in [0.29, 0.717) is 25.4 Å². The van der Waals surface area contributed by atoms with Crippen LogP contribution in [0.25, 0.3) is 17.0 Å². The molecule has 0 spiro atoms. The summed E-state index contributed by atoms with van der Waals surface area (Å²) < 4.78 is 8.64. The fraction of sp³-hybridized carbons (Fsp3) is 0.263. The molecule has 0 aromatic carbocycles. The fourth-order valence-electron chi connectivity index (χ4n) is 2.94. The number of aromatic nitrogens is 7. The van der Waals surface area contributed by atoms with E-state index in [1.807, 2.05) is 25.4 Å². The number of nitrogens with zero attached hydrogens (tertiary/aromatic N) is 7. The minimum Gasteiger partial charge on any atom is -0.450 e. The first-order valence-corrected chi connectivity index (χ1v) is 9.16. The Morgan fingerprint density at radius 3 is 2.97 bits per heavy atom. The van der Waals surface area contributed by atoms with Crippen LogP contribution >= 0.6 is 0 Å². The highest BCUT2D eigenvalue weighted by Gasteiger charge is 2.07. The second kappa shape index (κ2) is 8.46. The SMILES string of the molecule is Cn1nccc1-c1cncc(CNC(=O)OCCCc2cnc3ncnn3c2)c1. The number of amides is 1. The zero-order valence-electron chi connectivity index (χ0n) is 15.9. The molecule has 0 aliphatic rings. The molecule has 0 unspecified atom stereocenters. The number of aryl methyl sites for hydroxylation is 2. The Morgan fingerprint density at radius 2 is 2.10 bits per heavy atom. The quantitative estimate of drug-likeness (QED) is 0.477. The fourth-order valence-corrected chi connectivity index (χ4v) is 2.94. The van der Waals surface area contributed by atoms with Gasteiger partial charge in [-0.1, -0.05) is 0 Å². The average Bonchev–Trinajstić information content (AvgIpc) is 3.38. The maximum Gasteiger partial charge on any atom is 0.407 e. The molecule has 10 nitrogen and oxygen atoms in total. The van der Waals surface area contributed by atoms with Gasteiger partial charge in [0.05, 0.1) is 12.3 Å². The second-order valence-corrected chi connectivity index (χ2v) is 6.48. The van der Waals surface area contributed by atoms with Crippen LogP contribution in [0.4, 0.5) is 4.79 Å². The van der Waals surface area contributed by atoms with E-state index in [9.17, 15) is 4.79 Å². The maximum atomic E-state index is 11.9. The van der Waals surface area contributed by atoms with Crippen LogP contribution in [0, 0.1) is 0 Å². The predicted octanol–water partition coefficient (Wildman–Crippen LogP) is 1.78. The van der Waals surface area contributed by atoms with Gasteiger partial charge in [0.2, 0.25) is 0 Å². The number of ether oxygens (including phenoxy) is 1. The molecule has 0 aliphatic heterocycles. The summed E-state index contributed by atoms with van der Waals surface area (Å²) >= 11 is 0. The van der Waals surface area contributed by atoms with Crippen molar-refractivity contribution in [2.24, 2.45) is 7.05 Å². The van der Waals surface area contributed by atoms with Gasteiger partial charge in [0.15, 0.2) is 0 Å². The lowest BCUT2D eigenvalue weighted by Gasteiger charge is -2.08. The zero-order chi connectivity index (χ0) is 20.1. The molecule has 148 valence electrons. The van der Waals surface area contributed by atoms with Gasteiger partial charge in [0, 0.05) is 50.1 Å². The summed E-state index contributed by atoms with van der Waals surface area (Å²) in [5.74, 6) is 0.561. The first-order chi connectivity index (χ1) is 14.2. The third-order valence-corrected chi connectivity index (χ3v) is 4.38. The molecule has 0 saturated carbocycles. The molecular formula is C19H20N8O2. The van der Waals surface area contributed by atoms with Crippen molar-refractivity contribution in [1.82, 2.24) is 39.7 Å². The first-order valence-electron chi connectivity index (χ1n) is 9.16. The molecule has 1 N–H and O–H groups in total. The summed E-state index contributed by atoms with van der Waals surface area (Å²) in [4.78, 5) is 24.4. The normalized spacial score (nSPS) is 10.9. The Hall–Kier alpha value is -3.82. The summed E-state index contributed by atoms with van der Waals surface area (Å²) in [5.41, 5.74) is 3.79. The summed E-state index contributed by atoms with van der Waals surface area (Å²) in [7, 11) is 1.87. The lowest BCUT2D eigenvalue weighted by molar-refractivity contribution is 0.144. The Balaban J connectivity index is 1.21. The van der Waals surface area contributed by atoms with E-state index < -0.39 is 6.09 Å². The number of rotatable bonds is 7. The highest BCUT2D eigenvalue weighted by Crippen LogP contribution is 2.18. The topological polar surface area (TPSA) is 112 Å². The van der Waals surface area contributed by atoms with Gasteiger partial charge in [-0.25, -0.2) is 14.3 Å². The van der Waals surface area contributed by atoms with Crippen molar-refractivity contribution >= 4 is 11.9 Å². The maximum absolute atomic E-state index is 11.9. The van der Waals surface area contributed by atoms with Crippen molar-refractivity contribution in [3.8, 4) is 11.3 Å². The van der Waals surface area contributed by atoms with Gasteiger partial charge in [-0.15, -0.1) is 0 Å². The second-order valence-electron chi connectivity index (χ2n) is 6.48. The van der Waals surface area contributed by atoms with Gasteiger partial charge >= 0.3 is 6.09 Å². The summed E-state index contributed by atoms with van der Waals surface area (Å²) in [6.45, 7) is 0.652. The van der Waals surface area contributed by atoms with Crippen LogP contribution in [0.1, 0.15) is 17.5 Å². The Morgan fingerprint density at radius 1 is 1.17 bits per heavy atom. The standard InChI is InChI=1S/C19H20N8O2/c1-26-17(4-5-24-26)16-7-15(8-20-11-16)10-22-19(28)29-6-2-3-14-9-21-18-23-13-25-27(18)12-14/h4-5,7-9,11-13H,2-3,6,10H2,1H3,(H,22,28). The molecule has 4 aromatic rings. The number of fused-ring (bicyclic) bond motifs is 1. The van der Waals surface area contributed by atoms with Gasteiger partial charge in [0.25, 0.3) is 5.78 Å². The van der Waals surface area contributed by atoms with Gasteiger partial charge in [-0.05, 0) is 36.1 Å². The number of carbonyl (C=O) groups excluding carboxylic acids is 1. The zero-order valence-corrected chi connectivity index (χ0v) is 15.9. The summed E-state index contributed by atoms with van der Waals surface area (Å²) in [6, 6.07) is 3.89. The van der Waals surface area contributed by atoms with E-state index in [4.69, 9.17) is 4.74 Å². The van der Waals surface area contributed by atoms with Crippen LogP contribution in [0.3, 0.4) is 0 Å². The van der Waals surface area contributed by atoms with Crippen molar-refractivity contribution in [2.45, 2.75) is 19.4 Å². The first kappa shape index (κ1) is 18.5. The van der Waals surface area contributed by atoms with E-state index in [2.05, 4.69) is 30.5 Å². The molecule has 0 bridgehead atoms. The number of hydrogen-bond donors (Lipinski definition) is 1. The van der Waals surface area contributed by atoms with Gasteiger partial charge in [0.1, 0.15) is 6.33 Å². The van der Waals surface area contributed by atoms with Gasteiger partial charge in [-0.3, -0.25) is 9.67 Å².